The number of hydrogen-bond acceptors (Lipinski definition) is 3. The van der Waals surface area contributed by atoms with Crippen molar-refractivity contribution in [3.05, 3.63) is 11.8 Å². The summed E-state index contributed by atoms with van der Waals surface area (Å²) < 4.78 is 5.04. The lowest BCUT2D eigenvalue weighted by Crippen LogP contribution is -2.20. The lowest BCUT2D eigenvalue weighted by molar-refractivity contribution is -0.139. The number of esters is 1. The second-order valence-electron chi connectivity index (χ2n) is 3.99. The molecule has 1 aliphatic rings. The van der Waals surface area contributed by atoms with Crippen LogP contribution in [0.3, 0.4) is 0 Å². The number of ether oxygens (including phenoxy) is 1. The van der Waals surface area contributed by atoms with Gasteiger partial charge in [0.25, 0.3) is 0 Å². The van der Waals surface area contributed by atoms with E-state index in [9.17, 15) is 9.59 Å². The predicted molar refractivity (Wildman–Crippen MR) is 60.6 cm³/mol. The van der Waals surface area contributed by atoms with Crippen molar-refractivity contribution >= 4 is 11.9 Å². The zero-order valence-corrected chi connectivity index (χ0v) is 9.99. The van der Waals surface area contributed by atoms with E-state index in [1.807, 2.05) is 6.92 Å². The zero-order valence-electron chi connectivity index (χ0n) is 9.99. The van der Waals surface area contributed by atoms with Gasteiger partial charge in [-0.05, 0) is 19.8 Å². The molecule has 0 aromatic rings. The molecule has 1 heterocycles. The Bertz CT molecular complexity index is 297. The highest BCUT2D eigenvalue weighted by Gasteiger charge is 2.19. The van der Waals surface area contributed by atoms with Crippen molar-refractivity contribution in [3.8, 4) is 0 Å². The van der Waals surface area contributed by atoms with Crippen LogP contribution in [0.2, 0.25) is 0 Å². The number of amides is 1. The molecule has 4 nitrogen and oxygen atoms in total. The number of carbonyl (C=O) groups excluding carboxylic acids is 2. The molecule has 1 fully saturated rings. The molecule has 1 rings (SSSR count). The second kappa shape index (κ2) is 6.30. The van der Waals surface area contributed by atoms with E-state index in [1.165, 1.54) is 0 Å². The standard InChI is InChI=1S/C12H19NO3/c1-3-4-8-16-12(15)10(2)9-13-7-5-6-11(13)14/h9H,3-8H2,1-2H3. The zero-order chi connectivity index (χ0) is 12.0. The number of likely N-dealkylation sites (tertiary alicyclic amines) is 1. The third-order valence-electron chi connectivity index (χ3n) is 2.51. The van der Waals surface area contributed by atoms with E-state index in [0.717, 1.165) is 19.3 Å². The van der Waals surface area contributed by atoms with Gasteiger partial charge in [0.1, 0.15) is 0 Å². The molecule has 0 saturated carbocycles. The van der Waals surface area contributed by atoms with Gasteiger partial charge in [-0.25, -0.2) is 4.79 Å². The van der Waals surface area contributed by atoms with Crippen LogP contribution in [0.15, 0.2) is 11.8 Å². The maximum Gasteiger partial charge on any atom is 0.335 e. The Morgan fingerprint density at radius 1 is 1.56 bits per heavy atom. The Labute approximate surface area is 96.3 Å². The Balaban J connectivity index is 2.42. The number of carbonyl (C=O) groups is 2. The molecule has 1 saturated heterocycles. The van der Waals surface area contributed by atoms with E-state index < -0.39 is 0 Å². The van der Waals surface area contributed by atoms with E-state index in [2.05, 4.69) is 0 Å². The van der Waals surface area contributed by atoms with Gasteiger partial charge in [0.2, 0.25) is 5.91 Å². The lowest BCUT2D eigenvalue weighted by Gasteiger charge is -2.11. The summed E-state index contributed by atoms with van der Waals surface area (Å²) in [6.07, 6.45) is 4.92. The van der Waals surface area contributed by atoms with Gasteiger partial charge >= 0.3 is 5.97 Å². The van der Waals surface area contributed by atoms with Crippen molar-refractivity contribution in [2.24, 2.45) is 0 Å². The highest BCUT2D eigenvalue weighted by Crippen LogP contribution is 2.12. The van der Waals surface area contributed by atoms with Gasteiger partial charge in [0, 0.05) is 19.2 Å². The van der Waals surface area contributed by atoms with Gasteiger partial charge in [-0.3, -0.25) is 4.79 Å². The van der Waals surface area contributed by atoms with Crippen molar-refractivity contribution in [2.45, 2.75) is 39.5 Å². The molecule has 1 aliphatic heterocycles. The lowest BCUT2D eigenvalue weighted by atomic mass is 10.3. The number of unbranched alkanes of at least 4 members (excludes halogenated alkanes) is 1. The summed E-state index contributed by atoms with van der Waals surface area (Å²) in [5, 5.41) is 0. The van der Waals surface area contributed by atoms with E-state index in [1.54, 1.807) is 18.0 Å². The summed E-state index contributed by atoms with van der Waals surface area (Å²) in [5.74, 6) is -0.242. The van der Waals surface area contributed by atoms with Crippen LogP contribution in [0.1, 0.15) is 39.5 Å². The third-order valence-corrected chi connectivity index (χ3v) is 2.51. The summed E-state index contributed by atoms with van der Waals surface area (Å²) in [7, 11) is 0. The highest BCUT2D eigenvalue weighted by molar-refractivity contribution is 5.89. The van der Waals surface area contributed by atoms with E-state index in [-0.39, 0.29) is 11.9 Å². The van der Waals surface area contributed by atoms with Gasteiger partial charge in [-0.1, -0.05) is 13.3 Å². The largest absolute Gasteiger partial charge is 0.462 e. The smallest absolute Gasteiger partial charge is 0.335 e. The molecule has 0 bridgehead atoms. The highest BCUT2D eigenvalue weighted by atomic mass is 16.5. The third kappa shape index (κ3) is 3.68. The molecule has 0 aliphatic carbocycles. The molecule has 0 atom stereocenters. The molecular formula is C12H19NO3. The van der Waals surface area contributed by atoms with Crippen LogP contribution in [0, 0.1) is 0 Å². The molecule has 1 amide bonds. The van der Waals surface area contributed by atoms with Crippen LogP contribution < -0.4 is 0 Å². The van der Waals surface area contributed by atoms with Crippen molar-refractivity contribution < 1.29 is 14.3 Å². The second-order valence-corrected chi connectivity index (χ2v) is 3.99. The molecule has 0 radical (unpaired) electrons. The number of hydrogen-bond donors (Lipinski definition) is 0. The maximum atomic E-state index is 11.5. The van der Waals surface area contributed by atoms with Gasteiger partial charge in [-0.2, -0.15) is 0 Å². The normalized spacial score (nSPS) is 16.8. The van der Waals surface area contributed by atoms with Crippen molar-refractivity contribution in [2.75, 3.05) is 13.2 Å². The first kappa shape index (κ1) is 12.7. The molecule has 0 aromatic carbocycles. The Kier molecular flexibility index (Phi) is 5.02. The van der Waals surface area contributed by atoms with E-state index >= 15 is 0 Å². The average Bonchev–Trinajstić information content (AvgIpc) is 2.64. The molecule has 90 valence electrons. The minimum absolute atomic E-state index is 0.0840. The Hall–Kier alpha value is -1.32. The fraction of sp³-hybridized carbons (Fsp3) is 0.667. The summed E-state index contributed by atoms with van der Waals surface area (Å²) in [5.41, 5.74) is 0.492. The molecule has 0 unspecified atom stereocenters. The predicted octanol–water partition coefficient (Wildman–Crippen LogP) is 1.86. The van der Waals surface area contributed by atoms with Gasteiger partial charge in [0.05, 0.1) is 12.2 Å². The van der Waals surface area contributed by atoms with Crippen LogP contribution in [0.25, 0.3) is 0 Å². The fourth-order valence-electron chi connectivity index (χ4n) is 1.51. The molecular weight excluding hydrogens is 206 g/mol. The summed E-state index contributed by atoms with van der Waals surface area (Å²) >= 11 is 0. The van der Waals surface area contributed by atoms with Crippen LogP contribution in [-0.4, -0.2) is 29.9 Å². The number of rotatable bonds is 5. The van der Waals surface area contributed by atoms with Crippen molar-refractivity contribution in [1.82, 2.24) is 4.90 Å². The summed E-state index contributed by atoms with van der Waals surface area (Å²) in [6, 6.07) is 0. The van der Waals surface area contributed by atoms with E-state index in [4.69, 9.17) is 4.74 Å². The molecule has 16 heavy (non-hydrogen) atoms. The Morgan fingerprint density at radius 3 is 2.88 bits per heavy atom. The van der Waals surface area contributed by atoms with Gasteiger partial charge in [0.15, 0.2) is 0 Å². The van der Waals surface area contributed by atoms with Gasteiger partial charge in [-0.15, -0.1) is 0 Å². The molecule has 0 spiro atoms. The SMILES string of the molecule is CCCCOC(=O)C(C)=CN1CCCC1=O. The first-order valence-corrected chi connectivity index (χ1v) is 5.80. The van der Waals surface area contributed by atoms with E-state index in [0.29, 0.717) is 25.1 Å². The molecule has 4 heteroatoms. The topological polar surface area (TPSA) is 46.6 Å². The molecule has 0 aromatic heterocycles. The number of nitrogens with zero attached hydrogens (tertiary/aromatic N) is 1. The van der Waals surface area contributed by atoms with Crippen LogP contribution in [0.5, 0.6) is 0 Å². The minimum atomic E-state index is -0.326. The monoisotopic (exact) mass is 225 g/mol. The van der Waals surface area contributed by atoms with Crippen molar-refractivity contribution in [1.29, 1.82) is 0 Å². The summed E-state index contributed by atoms with van der Waals surface area (Å²) in [6.45, 7) is 4.88. The average molecular weight is 225 g/mol. The molecule has 0 N–H and O–H groups in total. The van der Waals surface area contributed by atoms with Crippen LogP contribution in [0.4, 0.5) is 0 Å². The van der Waals surface area contributed by atoms with Crippen molar-refractivity contribution in [3.63, 3.8) is 0 Å². The summed E-state index contributed by atoms with van der Waals surface area (Å²) in [4.78, 5) is 24.4. The quantitative estimate of drug-likeness (QED) is 0.407. The first-order valence-electron chi connectivity index (χ1n) is 5.80. The van der Waals surface area contributed by atoms with Crippen LogP contribution >= 0.6 is 0 Å². The van der Waals surface area contributed by atoms with Gasteiger partial charge < -0.3 is 9.64 Å². The fourth-order valence-corrected chi connectivity index (χ4v) is 1.51. The van der Waals surface area contributed by atoms with Crippen LogP contribution in [-0.2, 0) is 14.3 Å². The minimum Gasteiger partial charge on any atom is -0.462 e. The first-order chi connectivity index (χ1) is 7.65. The Morgan fingerprint density at radius 2 is 2.31 bits per heavy atom. The maximum absolute atomic E-state index is 11.5.